The Labute approximate surface area is 103 Å². The second-order valence-corrected chi connectivity index (χ2v) is 3.71. The summed E-state index contributed by atoms with van der Waals surface area (Å²) in [6.07, 6.45) is 1.77. The maximum Gasteiger partial charge on any atom is 0.303 e. The van der Waals surface area contributed by atoms with Crippen LogP contribution in [0.1, 0.15) is 12.1 Å². The standard InChI is InChI=1S/C12H12N2O4/c15-10-4-1-8(2-5-10)13-12-14-9(7-18-12)3-6-11(16)17/h1-2,4-5,7,15H,3,6H2,(H,13,14)(H,16,17). The highest BCUT2D eigenvalue weighted by molar-refractivity contribution is 5.67. The van der Waals surface area contributed by atoms with Crippen LogP contribution >= 0.6 is 0 Å². The lowest BCUT2D eigenvalue weighted by Crippen LogP contribution is -1.98. The molecule has 2 aromatic rings. The zero-order chi connectivity index (χ0) is 13.0. The van der Waals surface area contributed by atoms with Gasteiger partial charge in [-0.25, -0.2) is 0 Å². The van der Waals surface area contributed by atoms with Gasteiger partial charge in [-0.2, -0.15) is 4.98 Å². The summed E-state index contributed by atoms with van der Waals surface area (Å²) in [5.74, 6) is -0.693. The maximum absolute atomic E-state index is 10.4. The molecule has 0 fully saturated rings. The summed E-state index contributed by atoms with van der Waals surface area (Å²) in [6.45, 7) is 0. The van der Waals surface area contributed by atoms with Gasteiger partial charge >= 0.3 is 5.97 Å². The third-order valence-electron chi connectivity index (χ3n) is 2.27. The van der Waals surface area contributed by atoms with E-state index in [0.29, 0.717) is 18.1 Å². The molecule has 3 N–H and O–H groups in total. The van der Waals surface area contributed by atoms with E-state index >= 15 is 0 Å². The number of nitrogens with one attached hydrogen (secondary N) is 1. The van der Waals surface area contributed by atoms with Crippen molar-refractivity contribution in [2.24, 2.45) is 0 Å². The first-order chi connectivity index (χ1) is 8.63. The molecule has 0 saturated carbocycles. The van der Waals surface area contributed by atoms with Gasteiger partial charge in [-0.05, 0) is 24.3 Å². The second-order valence-electron chi connectivity index (χ2n) is 3.71. The Bertz CT molecular complexity index is 533. The minimum atomic E-state index is -0.869. The molecule has 0 aliphatic heterocycles. The molecule has 0 radical (unpaired) electrons. The smallest absolute Gasteiger partial charge is 0.303 e. The van der Waals surface area contributed by atoms with Crippen molar-refractivity contribution < 1.29 is 19.4 Å². The fourth-order valence-electron chi connectivity index (χ4n) is 1.38. The number of carboxylic acids is 1. The molecule has 94 valence electrons. The number of oxazole rings is 1. The van der Waals surface area contributed by atoms with Crippen LogP contribution in [0.25, 0.3) is 0 Å². The van der Waals surface area contributed by atoms with E-state index in [4.69, 9.17) is 14.6 Å². The summed E-state index contributed by atoms with van der Waals surface area (Å²) in [7, 11) is 0. The number of aryl methyl sites for hydroxylation is 1. The zero-order valence-electron chi connectivity index (χ0n) is 9.46. The van der Waals surface area contributed by atoms with Gasteiger partial charge in [-0.3, -0.25) is 4.79 Å². The minimum absolute atomic E-state index is 0.0190. The molecule has 18 heavy (non-hydrogen) atoms. The third kappa shape index (κ3) is 3.24. The Hall–Kier alpha value is -2.50. The number of rotatable bonds is 5. The van der Waals surface area contributed by atoms with Crippen molar-refractivity contribution in [3.63, 3.8) is 0 Å². The molecule has 0 amide bonds. The molecule has 1 aromatic carbocycles. The van der Waals surface area contributed by atoms with Gasteiger partial charge in [0.2, 0.25) is 0 Å². The molecule has 0 aliphatic carbocycles. The first-order valence-electron chi connectivity index (χ1n) is 5.36. The third-order valence-corrected chi connectivity index (χ3v) is 2.27. The van der Waals surface area contributed by atoms with Gasteiger partial charge in [0, 0.05) is 12.1 Å². The molecule has 6 heteroatoms. The van der Waals surface area contributed by atoms with Crippen LogP contribution in [0.3, 0.4) is 0 Å². The van der Waals surface area contributed by atoms with Gasteiger partial charge in [0.05, 0.1) is 12.1 Å². The fourth-order valence-corrected chi connectivity index (χ4v) is 1.38. The summed E-state index contributed by atoms with van der Waals surface area (Å²) in [6, 6.07) is 6.72. The van der Waals surface area contributed by atoms with E-state index in [1.54, 1.807) is 12.1 Å². The average Bonchev–Trinajstić information content (AvgIpc) is 2.77. The predicted octanol–water partition coefficient (Wildman–Crippen LogP) is 2.14. The topological polar surface area (TPSA) is 95.6 Å². The molecule has 0 bridgehead atoms. The Morgan fingerprint density at radius 1 is 1.33 bits per heavy atom. The number of phenols is 1. The van der Waals surface area contributed by atoms with Crippen LogP contribution in [0.4, 0.5) is 11.7 Å². The van der Waals surface area contributed by atoms with Gasteiger partial charge < -0.3 is 19.9 Å². The Kier molecular flexibility index (Phi) is 3.47. The number of aromatic nitrogens is 1. The molecule has 2 rings (SSSR count). The van der Waals surface area contributed by atoms with Crippen LogP contribution < -0.4 is 5.32 Å². The number of anilines is 2. The number of benzene rings is 1. The molecule has 0 spiro atoms. The Morgan fingerprint density at radius 3 is 2.72 bits per heavy atom. The summed E-state index contributed by atoms with van der Waals surface area (Å²) >= 11 is 0. The molecule has 0 saturated heterocycles. The van der Waals surface area contributed by atoms with Crippen LogP contribution in [0.5, 0.6) is 5.75 Å². The van der Waals surface area contributed by atoms with Crippen molar-refractivity contribution in [1.82, 2.24) is 4.98 Å². The highest BCUT2D eigenvalue weighted by Gasteiger charge is 2.06. The molecular formula is C12H12N2O4. The van der Waals surface area contributed by atoms with E-state index < -0.39 is 5.97 Å². The van der Waals surface area contributed by atoms with Crippen LogP contribution in [-0.4, -0.2) is 21.2 Å². The highest BCUT2D eigenvalue weighted by Crippen LogP contribution is 2.19. The zero-order valence-corrected chi connectivity index (χ0v) is 9.46. The van der Waals surface area contributed by atoms with Crippen LogP contribution in [0.2, 0.25) is 0 Å². The number of hydrogen-bond donors (Lipinski definition) is 3. The van der Waals surface area contributed by atoms with Gasteiger partial charge in [-0.15, -0.1) is 0 Å². The quantitative estimate of drug-likeness (QED) is 0.701. The monoisotopic (exact) mass is 248 g/mol. The van der Waals surface area contributed by atoms with Gasteiger partial charge in [-0.1, -0.05) is 0 Å². The van der Waals surface area contributed by atoms with Gasteiger partial charge in [0.25, 0.3) is 6.01 Å². The van der Waals surface area contributed by atoms with Gasteiger partial charge in [0.15, 0.2) is 0 Å². The summed E-state index contributed by atoms with van der Waals surface area (Å²) in [5.41, 5.74) is 1.30. The average molecular weight is 248 g/mol. The van der Waals surface area contributed by atoms with Crippen molar-refractivity contribution in [2.75, 3.05) is 5.32 Å². The van der Waals surface area contributed by atoms with Crippen molar-refractivity contribution in [3.05, 3.63) is 36.2 Å². The van der Waals surface area contributed by atoms with Crippen molar-refractivity contribution >= 4 is 17.7 Å². The van der Waals surface area contributed by atoms with Gasteiger partial charge in [0.1, 0.15) is 12.0 Å². The summed E-state index contributed by atoms with van der Waals surface area (Å²) in [5, 5.41) is 20.6. The summed E-state index contributed by atoms with van der Waals surface area (Å²) in [4.78, 5) is 14.5. The summed E-state index contributed by atoms with van der Waals surface area (Å²) < 4.78 is 5.15. The van der Waals surface area contributed by atoms with Crippen molar-refractivity contribution in [2.45, 2.75) is 12.8 Å². The number of nitrogens with zero attached hydrogens (tertiary/aromatic N) is 1. The molecule has 0 unspecified atom stereocenters. The van der Waals surface area contributed by atoms with Crippen LogP contribution in [-0.2, 0) is 11.2 Å². The predicted molar refractivity (Wildman–Crippen MR) is 63.8 cm³/mol. The van der Waals surface area contributed by atoms with Crippen molar-refractivity contribution in [1.29, 1.82) is 0 Å². The SMILES string of the molecule is O=C(O)CCc1coc(Nc2ccc(O)cc2)n1. The number of carboxylic acid groups (broad SMARTS) is 1. The normalized spacial score (nSPS) is 10.2. The van der Waals surface area contributed by atoms with E-state index in [1.807, 2.05) is 0 Å². The maximum atomic E-state index is 10.4. The Balaban J connectivity index is 1.97. The molecule has 0 aliphatic rings. The molecule has 0 atom stereocenters. The molecule has 6 nitrogen and oxygen atoms in total. The molecular weight excluding hydrogens is 236 g/mol. The first kappa shape index (κ1) is 12.0. The number of carbonyl (C=O) groups is 1. The van der Waals surface area contributed by atoms with Crippen LogP contribution in [0.15, 0.2) is 34.9 Å². The Morgan fingerprint density at radius 2 is 2.06 bits per heavy atom. The minimum Gasteiger partial charge on any atom is -0.508 e. The fraction of sp³-hybridized carbons (Fsp3) is 0.167. The number of aliphatic carboxylic acids is 1. The molecule has 1 heterocycles. The van der Waals surface area contributed by atoms with E-state index in [0.717, 1.165) is 5.69 Å². The number of hydrogen-bond acceptors (Lipinski definition) is 5. The second kappa shape index (κ2) is 5.22. The van der Waals surface area contributed by atoms with E-state index in [2.05, 4.69) is 10.3 Å². The van der Waals surface area contributed by atoms with E-state index in [-0.39, 0.29) is 12.2 Å². The van der Waals surface area contributed by atoms with Crippen LogP contribution in [0, 0.1) is 0 Å². The lowest BCUT2D eigenvalue weighted by Gasteiger charge is -2.00. The van der Waals surface area contributed by atoms with E-state index in [9.17, 15) is 4.79 Å². The number of aromatic hydroxyl groups is 1. The molecule has 1 aromatic heterocycles. The van der Waals surface area contributed by atoms with E-state index in [1.165, 1.54) is 18.4 Å². The lowest BCUT2D eigenvalue weighted by molar-refractivity contribution is -0.136. The number of phenolic OH excluding ortho intramolecular Hbond substituents is 1. The first-order valence-corrected chi connectivity index (χ1v) is 5.36. The van der Waals surface area contributed by atoms with Crippen molar-refractivity contribution in [3.8, 4) is 5.75 Å². The largest absolute Gasteiger partial charge is 0.508 e. The highest BCUT2D eigenvalue weighted by atomic mass is 16.4. The lowest BCUT2D eigenvalue weighted by atomic mass is 10.2.